The van der Waals surface area contributed by atoms with Gasteiger partial charge in [0.1, 0.15) is 5.75 Å². The molecule has 2 rings (SSSR count). The molecule has 0 amide bonds. The van der Waals surface area contributed by atoms with Gasteiger partial charge in [0.2, 0.25) is 0 Å². The van der Waals surface area contributed by atoms with Crippen molar-refractivity contribution in [2.75, 3.05) is 14.2 Å². The van der Waals surface area contributed by atoms with Crippen LogP contribution < -0.4 is 10.1 Å². The van der Waals surface area contributed by atoms with Crippen molar-refractivity contribution in [2.24, 2.45) is 7.05 Å². The fourth-order valence-corrected chi connectivity index (χ4v) is 2.11. The molecule has 18 heavy (non-hydrogen) atoms. The Kier molecular flexibility index (Phi) is 3.84. The molecule has 0 aliphatic carbocycles. The summed E-state index contributed by atoms with van der Waals surface area (Å²) in [7, 11) is 5.37. The molecule has 2 aromatic rings. The summed E-state index contributed by atoms with van der Waals surface area (Å²) in [6.07, 6.45) is 1.73. The van der Waals surface area contributed by atoms with E-state index in [1.807, 2.05) is 26.2 Å². The van der Waals surface area contributed by atoms with Crippen LogP contribution in [0.25, 0.3) is 0 Å². The molecule has 1 heterocycles. The summed E-state index contributed by atoms with van der Waals surface area (Å²) in [5, 5.41) is 11.7. The van der Waals surface area contributed by atoms with Gasteiger partial charge >= 0.3 is 0 Å². The Morgan fingerprint density at radius 3 is 2.78 bits per heavy atom. The highest BCUT2D eigenvalue weighted by molar-refractivity contribution is 6.30. The molecule has 0 aliphatic heterocycles. The summed E-state index contributed by atoms with van der Waals surface area (Å²) >= 11 is 5.97. The molecular formula is C12H15ClN4O. The molecule has 96 valence electrons. The molecule has 1 N–H and O–H groups in total. The standard InChI is InChI=1S/C12H15ClN4O/c1-14-12(10-7-15-16-17(10)2)9-5-4-8(13)6-11(9)18-3/h4-7,12,14H,1-3H3. The Morgan fingerprint density at radius 2 is 2.22 bits per heavy atom. The summed E-state index contributed by atoms with van der Waals surface area (Å²) in [6.45, 7) is 0. The second-order valence-corrected chi connectivity index (χ2v) is 4.33. The second-order valence-electron chi connectivity index (χ2n) is 3.89. The Hall–Kier alpha value is -1.59. The third kappa shape index (κ3) is 2.32. The predicted molar refractivity (Wildman–Crippen MR) is 69.9 cm³/mol. The average molecular weight is 267 g/mol. The SMILES string of the molecule is CNC(c1ccc(Cl)cc1OC)c1cnnn1C. The highest BCUT2D eigenvalue weighted by Gasteiger charge is 2.20. The smallest absolute Gasteiger partial charge is 0.125 e. The van der Waals surface area contributed by atoms with Crippen LogP contribution in [-0.2, 0) is 7.05 Å². The lowest BCUT2D eigenvalue weighted by Gasteiger charge is -2.19. The van der Waals surface area contributed by atoms with Crippen molar-refractivity contribution in [1.29, 1.82) is 0 Å². The first-order chi connectivity index (χ1) is 8.67. The normalized spacial score (nSPS) is 12.4. The monoisotopic (exact) mass is 266 g/mol. The van der Waals surface area contributed by atoms with E-state index in [2.05, 4.69) is 15.6 Å². The van der Waals surface area contributed by atoms with E-state index in [1.54, 1.807) is 24.1 Å². The zero-order chi connectivity index (χ0) is 13.1. The summed E-state index contributed by atoms with van der Waals surface area (Å²) < 4.78 is 7.10. The van der Waals surface area contributed by atoms with E-state index in [0.29, 0.717) is 5.02 Å². The number of nitrogens with zero attached hydrogens (tertiary/aromatic N) is 3. The minimum atomic E-state index is -0.0442. The minimum absolute atomic E-state index is 0.0442. The van der Waals surface area contributed by atoms with E-state index in [9.17, 15) is 0 Å². The van der Waals surface area contributed by atoms with Crippen LogP contribution in [0.1, 0.15) is 17.3 Å². The first kappa shape index (κ1) is 12.9. The Morgan fingerprint density at radius 1 is 1.44 bits per heavy atom. The molecule has 6 heteroatoms. The number of ether oxygens (including phenoxy) is 1. The van der Waals surface area contributed by atoms with Gasteiger partial charge < -0.3 is 10.1 Å². The number of aryl methyl sites for hydroxylation is 1. The molecule has 0 saturated carbocycles. The van der Waals surface area contributed by atoms with Crippen LogP contribution in [0.2, 0.25) is 5.02 Å². The maximum Gasteiger partial charge on any atom is 0.125 e. The highest BCUT2D eigenvalue weighted by atomic mass is 35.5. The summed E-state index contributed by atoms with van der Waals surface area (Å²) in [6, 6.07) is 5.53. The van der Waals surface area contributed by atoms with Crippen molar-refractivity contribution in [3.63, 3.8) is 0 Å². The maximum atomic E-state index is 5.97. The molecule has 5 nitrogen and oxygen atoms in total. The van der Waals surface area contributed by atoms with Crippen molar-refractivity contribution in [1.82, 2.24) is 20.3 Å². The molecular weight excluding hydrogens is 252 g/mol. The third-order valence-electron chi connectivity index (χ3n) is 2.84. The fourth-order valence-electron chi connectivity index (χ4n) is 1.95. The average Bonchev–Trinajstić information content (AvgIpc) is 2.78. The van der Waals surface area contributed by atoms with Crippen molar-refractivity contribution in [2.45, 2.75) is 6.04 Å². The zero-order valence-corrected chi connectivity index (χ0v) is 11.3. The first-order valence-corrected chi connectivity index (χ1v) is 5.90. The highest BCUT2D eigenvalue weighted by Crippen LogP contribution is 2.31. The molecule has 1 aromatic carbocycles. The number of benzene rings is 1. The van der Waals surface area contributed by atoms with Crippen LogP contribution in [-0.4, -0.2) is 29.2 Å². The second kappa shape index (κ2) is 5.37. The van der Waals surface area contributed by atoms with Crippen molar-refractivity contribution in [3.8, 4) is 5.75 Å². The van der Waals surface area contributed by atoms with Crippen molar-refractivity contribution in [3.05, 3.63) is 40.7 Å². The fraction of sp³-hybridized carbons (Fsp3) is 0.333. The molecule has 1 unspecified atom stereocenters. The number of methoxy groups -OCH3 is 1. The zero-order valence-electron chi connectivity index (χ0n) is 10.5. The van der Waals surface area contributed by atoms with Crippen LogP contribution >= 0.6 is 11.6 Å². The molecule has 1 atom stereocenters. The molecule has 0 radical (unpaired) electrons. The number of rotatable bonds is 4. The van der Waals surface area contributed by atoms with Gasteiger partial charge in [0, 0.05) is 17.6 Å². The number of nitrogens with one attached hydrogen (secondary N) is 1. The molecule has 0 bridgehead atoms. The lowest BCUT2D eigenvalue weighted by Crippen LogP contribution is -2.21. The lowest BCUT2D eigenvalue weighted by molar-refractivity contribution is 0.404. The quantitative estimate of drug-likeness (QED) is 0.917. The number of aromatic nitrogens is 3. The van der Waals surface area contributed by atoms with Crippen LogP contribution in [0.5, 0.6) is 5.75 Å². The van der Waals surface area contributed by atoms with Crippen LogP contribution in [0.4, 0.5) is 0 Å². The Labute approximate surface area is 111 Å². The molecule has 0 aliphatic rings. The summed E-state index contributed by atoms with van der Waals surface area (Å²) in [4.78, 5) is 0. The number of halogens is 1. The topological polar surface area (TPSA) is 52.0 Å². The maximum absolute atomic E-state index is 5.97. The van der Waals surface area contributed by atoms with Crippen molar-refractivity contribution >= 4 is 11.6 Å². The van der Waals surface area contributed by atoms with E-state index in [4.69, 9.17) is 16.3 Å². The van der Waals surface area contributed by atoms with Crippen LogP contribution in [0.15, 0.2) is 24.4 Å². The van der Waals surface area contributed by atoms with Gasteiger partial charge in [-0.05, 0) is 19.2 Å². The van der Waals surface area contributed by atoms with Gasteiger partial charge in [0.15, 0.2) is 0 Å². The first-order valence-electron chi connectivity index (χ1n) is 5.52. The van der Waals surface area contributed by atoms with E-state index in [0.717, 1.165) is 17.0 Å². The van der Waals surface area contributed by atoms with E-state index >= 15 is 0 Å². The Balaban J connectivity index is 2.48. The number of hydrogen-bond acceptors (Lipinski definition) is 4. The minimum Gasteiger partial charge on any atom is -0.496 e. The van der Waals surface area contributed by atoms with Crippen LogP contribution in [0, 0.1) is 0 Å². The van der Waals surface area contributed by atoms with Crippen molar-refractivity contribution < 1.29 is 4.74 Å². The van der Waals surface area contributed by atoms with E-state index in [-0.39, 0.29) is 6.04 Å². The van der Waals surface area contributed by atoms with Gasteiger partial charge in [-0.3, -0.25) is 4.68 Å². The van der Waals surface area contributed by atoms with Gasteiger partial charge in [-0.2, -0.15) is 0 Å². The van der Waals surface area contributed by atoms with Gasteiger partial charge in [0.05, 0.1) is 25.0 Å². The summed E-state index contributed by atoms with van der Waals surface area (Å²) in [5.41, 5.74) is 1.95. The van der Waals surface area contributed by atoms with Gasteiger partial charge in [0.25, 0.3) is 0 Å². The lowest BCUT2D eigenvalue weighted by atomic mass is 10.0. The van der Waals surface area contributed by atoms with Gasteiger partial charge in [-0.25, -0.2) is 0 Å². The Bertz CT molecular complexity index is 541. The molecule has 0 saturated heterocycles. The number of hydrogen-bond donors (Lipinski definition) is 1. The third-order valence-corrected chi connectivity index (χ3v) is 3.08. The van der Waals surface area contributed by atoms with Crippen LogP contribution in [0.3, 0.4) is 0 Å². The predicted octanol–water partition coefficient (Wildman–Crippen LogP) is 1.79. The molecule has 0 spiro atoms. The van der Waals surface area contributed by atoms with E-state index < -0.39 is 0 Å². The van der Waals surface area contributed by atoms with Gasteiger partial charge in [-0.15, -0.1) is 5.10 Å². The largest absolute Gasteiger partial charge is 0.496 e. The molecule has 1 aromatic heterocycles. The van der Waals surface area contributed by atoms with Gasteiger partial charge in [-0.1, -0.05) is 22.9 Å². The molecule has 0 fully saturated rings. The summed E-state index contributed by atoms with van der Waals surface area (Å²) in [5.74, 6) is 0.739. The van der Waals surface area contributed by atoms with E-state index in [1.165, 1.54) is 0 Å².